The van der Waals surface area contributed by atoms with Gasteiger partial charge in [0.05, 0.1) is 24.9 Å². The fourth-order valence-corrected chi connectivity index (χ4v) is 3.99. The molecule has 30 heavy (non-hydrogen) atoms. The molecule has 3 aromatic rings. The molecule has 2 aromatic heterocycles. The van der Waals surface area contributed by atoms with E-state index in [1.807, 2.05) is 37.3 Å². The highest BCUT2D eigenvalue weighted by molar-refractivity contribution is 7.20. The Bertz CT molecular complexity index is 1090. The molecular formula is C22H24N2O5S. The Morgan fingerprint density at radius 3 is 2.63 bits per heavy atom. The molecule has 0 amide bonds. The van der Waals surface area contributed by atoms with Crippen LogP contribution in [-0.2, 0) is 27.2 Å². The van der Waals surface area contributed by atoms with Gasteiger partial charge in [-0.2, -0.15) is 0 Å². The maximum absolute atomic E-state index is 12.8. The molecule has 2 heterocycles. The molecule has 0 fully saturated rings. The Hall–Kier alpha value is -3.00. The van der Waals surface area contributed by atoms with Gasteiger partial charge < -0.3 is 9.47 Å². The summed E-state index contributed by atoms with van der Waals surface area (Å²) in [4.78, 5) is 42.3. The number of carbonyl (C=O) groups is 2. The molecule has 0 aliphatic carbocycles. The molecule has 0 saturated heterocycles. The predicted octanol–water partition coefficient (Wildman–Crippen LogP) is 3.51. The van der Waals surface area contributed by atoms with Crippen molar-refractivity contribution in [2.45, 2.75) is 39.7 Å². The summed E-state index contributed by atoms with van der Waals surface area (Å²) in [5.74, 6) is -0.962. The van der Waals surface area contributed by atoms with Crippen molar-refractivity contribution in [3.8, 4) is 0 Å². The molecule has 7 nitrogen and oxygen atoms in total. The zero-order chi connectivity index (χ0) is 21.5. The summed E-state index contributed by atoms with van der Waals surface area (Å²) in [7, 11) is 0. The van der Waals surface area contributed by atoms with Gasteiger partial charge in [-0.25, -0.2) is 9.78 Å². The van der Waals surface area contributed by atoms with Gasteiger partial charge in [-0.15, -0.1) is 11.3 Å². The minimum Gasteiger partial charge on any atom is -0.464 e. The van der Waals surface area contributed by atoms with Crippen LogP contribution in [-0.4, -0.2) is 34.7 Å². The van der Waals surface area contributed by atoms with Crippen LogP contribution < -0.4 is 5.56 Å². The van der Waals surface area contributed by atoms with Gasteiger partial charge in [0.25, 0.3) is 5.56 Å². The largest absolute Gasteiger partial charge is 0.464 e. The second-order valence-corrected chi connectivity index (χ2v) is 7.86. The molecule has 3 rings (SSSR count). The summed E-state index contributed by atoms with van der Waals surface area (Å²) >= 11 is 1.12. The summed E-state index contributed by atoms with van der Waals surface area (Å²) in [6.07, 6.45) is 3.62. The molecule has 0 radical (unpaired) electrons. The second-order valence-electron chi connectivity index (χ2n) is 6.86. The van der Waals surface area contributed by atoms with E-state index in [4.69, 9.17) is 9.47 Å². The summed E-state index contributed by atoms with van der Waals surface area (Å²) in [5.41, 5.74) is 1.23. The van der Waals surface area contributed by atoms with Crippen molar-refractivity contribution in [3.63, 3.8) is 0 Å². The Kier molecular flexibility index (Phi) is 7.35. The van der Waals surface area contributed by atoms with E-state index in [1.54, 1.807) is 6.92 Å². The van der Waals surface area contributed by atoms with Crippen molar-refractivity contribution >= 4 is 33.5 Å². The van der Waals surface area contributed by atoms with Crippen LogP contribution in [0.25, 0.3) is 10.2 Å². The molecule has 0 saturated carbocycles. The average molecular weight is 429 g/mol. The van der Waals surface area contributed by atoms with E-state index < -0.39 is 11.9 Å². The van der Waals surface area contributed by atoms with Gasteiger partial charge >= 0.3 is 11.9 Å². The number of unbranched alkanes of at least 4 members (excludes halogenated alkanes) is 1. The molecule has 0 aliphatic rings. The lowest BCUT2D eigenvalue weighted by molar-refractivity contribution is -0.144. The quantitative estimate of drug-likeness (QED) is 0.383. The molecule has 1 aromatic carbocycles. The molecule has 0 N–H and O–H groups in total. The lowest BCUT2D eigenvalue weighted by Gasteiger charge is -2.06. The Morgan fingerprint density at radius 2 is 1.90 bits per heavy atom. The topological polar surface area (TPSA) is 87.5 Å². The van der Waals surface area contributed by atoms with E-state index in [-0.39, 0.29) is 18.7 Å². The number of aromatic nitrogens is 2. The number of nitrogens with zero attached hydrogens (tertiary/aromatic N) is 2. The first-order valence-corrected chi connectivity index (χ1v) is 10.7. The SMILES string of the molecule is CCCCOC(=O)Cn1cnc2sc(C(=O)OCCc3ccccc3)c(C)c2c1=O. The first-order chi connectivity index (χ1) is 14.5. The summed E-state index contributed by atoms with van der Waals surface area (Å²) < 4.78 is 11.7. The Labute approximate surface area is 178 Å². The number of rotatable bonds is 9. The number of benzene rings is 1. The molecule has 0 bridgehead atoms. The zero-order valence-electron chi connectivity index (χ0n) is 17.1. The fraction of sp³-hybridized carbons (Fsp3) is 0.364. The third-order valence-corrected chi connectivity index (χ3v) is 5.81. The Morgan fingerprint density at radius 1 is 1.13 bits per heavy atom. The first kappa shape index (κ1) is 21.7. The molecule has 0 atom stereocenters. The predicted molar refractivity (Wildman–Crippen MR) is 115 cm³/mol. The highest BCUT2D eigenvalue weighted by atomic mass is 32.1. The lowest BCUT2D eigenvalue weighted by atomic mass is 10.2. The van der Waals surface area contributed by atoms with E-state index in [0.717, 1.165) is 29.7 Å². The minimum absolute atomic E-state index is 0.211. The van der Waals surface area contributed by atoms with Crippen LogP contribution in [0.3, 0.4) is 0 Å². The minimum atomic E-state index is -0.486. The van der Waals surface area contributed by atoms with E-state index in [2.05, 4.69) is 4.98 Å². The molecular weight excluding hydrogens is 404 g/mol. The molecule has 0 spiro atoms. The zero-order valence-corrected chi connectivity index (χ0v) is 17.9. The third-order valence-electron chi connectivity index (χ3n) is 4.63. The second kappa shape index (κ2) is 10.2. The van der Waals surface area contributed by atoms with Gasteiger partial charge in [0, 0.05) is 6.42 Å². The highest BCUT2D eigenvalue weighted by Gasteiger charge is 2.21. The third kappa shape index (κ3) is 5.13. The number of carbonyl (C=O) groups excluding carboxylic acids is 2. The van der Waals surface area contributed by atoms with Crippen LogP contribution in [0.1, 0.15) is 40.6 Å². The smallest absolute Gasteiger partial charge is 0.348 e. The number of hydrogen-bond acceptors (Lipinski definition) is 7. The van der Waals surface area contributed by atoms with Crippen molar-refractivity contribution in [2.24, 2.45) is 0 Å². The van der Waals surface area contributed by atoms with Crippen molar-refractivity contribution < 1.29 is 19.1 Å². The normalized spacial score (nSPS) is 10.9. The average Bonchev–Trinajstić information content (AvgIpc) is 3.08. The molecule has 8 heteroatoms. The van der Waals surface area contributed by atoms with Gasteiger partial charge in [0.1, 0.15) is 16.3 Å². The van der Waals surface area contributed by atoms with Crippen LogP contribution in [0, 0.1) is 6.92 Å². The van der Waals surface area contributed by atoms with E-state index in [1.165, 1.54) is 10.9 Å². The maximum atomic E-state index is 12.8. The van der Waals surface area contributed by atoms with Gasteiger partial charge in [-0.05, 0) is 24.5 Å². The monoisotopic (exact) mass is 428 g/mol. The van der Waals surface area contributed by atoms with Gasteiger partial charge in [0.2, 0.25) is 0 Å². The molecule has 0 unspecified atom stereocenters. The number of thiophene rings is 1. The van der Waals surface area contributed by atoms with E-state index in [0.29, 0.717) is 33.7 Å². The van der Waals surface area contributed by atoms with Crippen LogP contribution in [0.15, 0.2) is 41.5 Å². The van der Waals surface area contributed by atoms with E-state index >= 15 is 0 Å². The number of hydrogen-bond donors (Lipinski definition) is 0. The van der Waals surface area contributed by atoms with Crippen molar-refractivity contribution in [3.05, 3.63) is 63.0 Å². The summed E-state index contributed by atoms with van der Waals surface area (Å²) in [5, 5.41) is 0.332. The van der Waals surface area contributed by atoms with E-state index in [9.17, 15) is 14.4 Å². The van der Waals surface area contributed by atoms with Crippen LogP contribution in [0.2, 0.25) is 0 Å². The Balaban J connectivity index is 1.71. The highest BCUT2D eigenvalue weighted by Crippen LogP contribution is 2.27. The maximum Gasteiger partial charge on any atom is 0.348 e. The molecule has 0 aliphatic heterocycles. The fourth-order valence-electron chi connectivity index (χ4n) is 2.95. The standard InChI is InChI=1S/C22H24N2O5S/c1-3-4-11-28-17(25)13-24-14-23-20-18(21(24)26)15(2)19(30-20)22(27)29-12-10-16-8-6-5-7-9-16/h5-9,14H,3-4,10-13H2,1-2H3. The van der Waals surface area contributed by atoms with Gasteiger partial charge in [-0.1, -0.05) is 43.7 Å². The number of fused-ring (bicyclic) bond motifs is 1. The first-order valence-electron chi connectivity index (χ1n) is 9.86. The lowest BCUT2D eigenvalue weighted by Crippen LogP contribution is -2.25. The number of aryl methyl sites for hydroxylation is 1. The van der Waals surface area contributed by atoms with Crippen LogP contribution >= 0.6 is 11.3 Å². The van der Waals surface area contributed by atoms with Crippen LogP contribution in [0.5, 0.6) is 0 Å². The number of ether oxygens (including phenoxy) is 2. The number of esters is 2. The van der Waals surface area contributed by atoms with Crippen molar-refractivity contribution in [1.82, 2.24) is 9.55 Å². The van der Waals surface area contributed by atoms with Gasteiger partial charge in [0.15, 0.2) is 0 Å². The van der Waals surface area contributed by atoms with Crippen molar-refractivity contribution in [1.29, 1.82) is 0 Å². The van der Waals surface area contributed by atoms with Gasteiger partial charge in [-0.3, -0.25) is 14.2 Å². The summed E-state index contributed by atoms with van der Waals surface area (Å²) in [6.45, 7) is 4.06. The summed E-state index contributed by atoms with van der Waals surface area (Å²) in [6, 6.07) is 9.74. The van der Waals surface area contributed by atoms with Crippen molar-refractivity contribution in [2.75, 3.05) is 13.2 Å². The molecule has 158 valence electrons. The van der Waals surface area contributed by atoms with Crippen LogP contribution in [0.4, 0.5) is 0 Å².